The molecule has 0 saturated carbocycles. The van der Waals surface area contributed by atoms with E-state index in [2.05, 4.69) is 15.4 Å². The minimum Gasteiger partial charge on any atom is -0.452 e. The minimum absolute atomic E-state index is 0.0857. The number of carbonyl (C=O) groups is 1. The van der Waals surface area contributed by atoms with Gasteiger partial charge in [0.15, 0.2) is 23.1 Å². The van der Waals surface area contributed by atoms with Crippen LogP contribution in [0.4, 0.5) is 20.3 Å². The number of benzene rings is 2. The maximum atomic E-state index is 15.3. The zero-order chi connectivity index (χ0) is 30.8. The number of pyridine rings is 2. The molecule has 0 saturated heterocycles. The molecule has 12 heteroatoms. The standard InChI is InChI=1S/C32H24F2N6O4/c1-2-38-19-24(31(42)40(32(38)43)23-9-7-21(33)8-10-23)27(41)16-20-6-11-28(25(34)15-20)44-29-17-22(18-39-26(29)12-14-36-39)37-30-5-3-4-13-35-30/h3-15,17-19H,2,16H2,1H3,(H,35,37). The van der Waals surface area contributed by atoms with Gasteiger partial charge in [-0.2, -0.15) is 5.10 Å². The monoisotopic (exact) mass is 594 g/mol. The van der Waals surface area contributed by atoms with E-state index in [0.29, 0.717) is 28.3 Å². The van der Waals surface area contributed by atoms with Crippen LogP contribution >= 0.6 is 0 Å². The number of aromatic nitrogens is 5. The molecule has 4 heterocycles. The van der Waals surface area contributed by atoms with E-state index in [1.807, 2.05) is 6.07 Å². The summed E-state index contributed by atoms with van der Waals surface area (Å²) >= 11 is 0. The third-order valence-corrected chi connectivity index (χ3v) is 6.87. The summed E-state index contributed by atoms with van der Waals surface area (Å²) in [5, 5.41) is 7.41. The van der Waals surface area contributed by atoms with Gasteiger partial charge in [-0.25, -0.2) is 27.6 Å². The van der Waals surface area contributed by atoms with E-state index in [1.165, 1.54) is 35.0 Å². The number of anilines is 2. The van der Waals surface area contributed by atoms with Crippen LogP contribution in [-0.2, 0) is 13.0 Å². The highest BCUT2D eigenvalue weighted by molar-refractivity contribution is 5.97. The topological polar surface area (TPSA) is 113 Å². The number of ketones is 1. The molecule has 0 radical (unpaired) electrons. The second-order valence-corrected chi connectivity index (χ2v) is 9.79. The summed E-state index contributed by atoms with van der Waals surface area (Å²) in [5.41, 5.74) is -0.146. The first-order valence-corrected chi connectivity index (χ1v) is 13.6. The first-order valence-electron chi connectivity index (χ1n) is 13.6. The molecule has 6 rings (SSSR count). The highest BCUT2D eigenvalue weighted by atomic mass is 19.1. The fourth-order valence-corrected chi connectivity index (χ4v) is 4.70. The second kappa shape index (κ2) is 11.8. The van der Waals surface area contributed by atoms with Gasteiger partial charge in [0, 0.05) is 31.4 Å². The number of aryl methyl sites for hydroxylation is 1. The van der Waals surface area contributed by atoms with Gasteiger partial charge in [0.05, 0.1) is 23.8 Å². The molecule has 1 N–H and O–H groups in total. The minimum atomic E-state index is -0.847. The van der Waals surface area contributed by atoms with Gasteiger partial charge in [0.25, 0.3) is 5.56 Å². The van der Waals surface area contributed by atoms with Crippen molar-refractivity contribution in [3.05, 3.63) is 141 Å². The number of rotatable bonds is 9. The fraction of sp³-hybridized carbons (Fsp3) is 0.0938. The molecule has 0 spiro atoms. The van der Waals surface area contributed by atoms with Crippen LogP contribution in [0, 0.1) is 11.6 Å². The number of hydrogen-bond donors (Lipinski definition) is 1. The molecule has 0 unspecified atom stereocenters. The summed E-state index contributed by atoms with van der Waals surface area (Å²) in [6.45, 7) is 1.87. The SMILES string of the molecule is CCn1cc(C(=O)Cc2ccc(Oc3cc(Nc4ccccn4)cn4nccc34)c(F)c2)c(=O)n(-c2ccc(F)cc2)c1=O. The third-order valence-electron chi connectivity index (χ3n) is 6.87. The van der Waals surface area contributed by atoms with Crippen LogP contribution in [0.5, 0.6) is 11.5 Å². The van der Waals surface area contributed by atoms with E-state index < -0.39 is 28.7 Å². The lowest BCUT2D eigenvalue weighted by molar-refractivity contribution is 0.0990. The molecule has 10 nitrogen and oxygen atoms in total. The van der Waals surface area contributed by atoms with Crippen LogP contribution in [0.25, 0.3) is 11.2 Å². The lowest BCUT2D eigenvalue weighted by Crippen LogP contribution is -2.41. The van der Waals surface area contributed by atoms with Gasteiger partial charge in [0.2, 0.25) is 0 Å². The zero-order valence-corrected chi connectivity index (χ0v) is 23.3. The van der Waals surface area contributed by atoms with Crippen molar-refractivity contribution in [1.29, 1.82) is 0 Å². The summed E-state index contributed by atoms with van der Waals surface area (Å²) in [5.74, 6) is -1.04. The van der Waals surface area contributed by atoms with Gasteiger partial charge >= 0.3 is 5.69 Å². The molecule has 0 bridgehead atoms. The molecule has 0 aliphatic rings. The van der Waals surface area contributed by atoms with Gasteiger partial charge in [-0.3, -0.25) is 14.2 Å². The molecule has 220 valence electrons. The van der Waals surface area contributed by atoms with Crippen molar-refractivity contribution in [3.8, 4) is 17.2 Å². The first kappa shape index (κ1) is 28.2. The predicted octanol–water partition coefficient (Wildman–Crippen LogP) is 5.30. The Morgan fingerprint density at radius 1 is 0.932 bits per heavy atom. The van der Waals surface area contributed by atoms with E-state index in [1.54, 1.807) is 54.3 Å². The van der Waals surface area contributed by atoms with Crippen molar-refractivity contribution < 1.29 is 18.3 Å². The number of carbonyl (C=O) groups excluding carboxylic acids is 1. The maximum absolute atomic E-state index is 15.3. The van der Waals surface area contributed by atoms with Crippen molar-refractivity contribution in [2.75, 3.05) is 5.32 Å². The average Bonchev–Trinajstić information content (AvgIpc) is 3.49. The molecular weight excluding hydrogens is 570 g/mol. The molecule has 4 aromatic heterocycles. The molecule has 2 aromatic carbocycles. The van der Waals surface area contributed by atoms with E-state index in [0.717, 1.165) is 22.8 Å². The normalized spacial score (nSPS) is 11.1. The largest absolute Gasteiger partial charge is 0.452 e. The van der Waals surface area contributed by atoms with Gasteiger partial charge in [0.1, 0.15) is 22.7 Å². The highest BCUT2D eigenvalue weighted by Crippen LogP contribution is 2.32. The van der Waals surface area contributed by atoms with Crippen molar-refractivity contribution in [3.63, 3.8) is 0 Å². The first-order chi connectivity index (χ1) is 21.3. The Balaban J connectivity index is 1.27. The molecule has 0 aliphatic carbocycles. The quantitative estimate of drug-likeness (QED) is 0.226. The smallest absolute Gasteiger partial charge is 0.335 e. The van der Waals surface area contributed by atoms with E-state index in [-0.39, 0.29) is 30.0 Å². The van der Waals surface area contributed by atoms with Crippen molar-refractivity contribution in [2.24, 2.45) is 0 Å². The number of hydrogen-bond acceptors (Lipinski definition) is 7. The summed E-state index contributed by atoms with van der Waals surface area (Å²) in [7, 11) is 0. The lowest BCUT2D eigenvalue weighted by Gasteiger charge is -2.13. The van der Waals surface area contributed by atoms with Crippen LogP contribution < -0.4 is 21.3 Å². The molecule has 6 aromatic rings. The Labute approximate surface area is 248 Å². The van der Waals surface area contributed by atoms with Crippen LogP contribution in [0.3, 0.4) is 0 Å². The summed E-state index contributed by atoms with van der Waals surface area (Å²) in [4.78, 5) is 43.7. The molecule has 0 fully saturated rings. The Kier molecular flexibility index (Phi) is 7.54. The lowest BCUT2D eigenvalue weighted by atomic mass is 10.0. The maximum Gasteiger partial charge on any atom is 0.335 e. The highest BCUT2D eigenvalue weighted by Gasteiger charge is 2.20. The Bertz CT molecular complexity index is 2120. The van der Waals surface area contributed by atoms with Crippen LogP contribution in [-0.4, -0.2) is 29.5 Å². The number of Topliss-reactive ketones (excluding diaryl/α,β-unsaturated/α-hetero) is 1. The van der Waals surface area contributed by atoms with Crippen LogP contribution in [0.1, 0.15) is 22.8 Å². The number of nitrogens with zero attached hydrogens (tertiary/aromatic N) is 5. The van der Waals surface area contributed by atoms with Crippen LogP contribution in [0.2, 0.25) is 0 Å². The Morgan fingerprint density at radius 2 is 1.75 bits per heavy atom. The van der Waals surface area contributed by atoms with Crippen molar-refractivity contribution in [2.45, 2.75) is 19.9 Å². The molecular formula is C32H24F2N6O4. The number of ether oxygens (including phenoxy) is 1. The van der Waals surface area contributed by atoms with Gasteiger partial charge < -0.3 is 10.1 Å². The van der Waals surface area contributed by atoms with Gasteiger partial charge in [-0.05, 0) is 67.1 Å². The number of fused-ring (bicyclic) bond motifs is 1. The third kappa shape index (κ3) is 5.60. The van der Waals surface area contributed by atoms with E-state index >= 15 is 4.39 Å². The molecule has 0 amide bonds. The molecule has 0 aliphatic heterocycles. The van der Waals surface area contributed by atoms with Crippen molar-refractivity contribution in [1.82, 2.24) is 23.7 Å². The van der Waals surface area contributed by atoms with E-state index in [9.17, 15) is 18.8 Å². The summed E-state index contributed by atoms with van der Waals surface area (Å²) in [6, 6.07) is 17.7. The summed E-state index contributed by atoms with van der Waals surface area (Å²) in [6.07, 6.45) is 5.87. The zero-order valence-electron chi connectivity index (χ0n) is 23.3. The molecule has 44 heavy (non-hydrogen) atoms. The van der Waals surface area contributed by atoms with Gasteiger partial charge in [-0.15, -0.1) is 0 Å². The average molecular weight is 595 g/mol. The van der Waals surface area contributed by atoms with Crippen LogP contribution in [0.15, 0.2) is 107 Å². The summed E-state index contributed by atoms with van der Waals surface area (Å²) < 4.78 is 38.3. The van der Waals surface area contributed by atoms with E-state index in [4.69, 9.17) is 4.74 Å². The Morgan fingerprint density at radius 3 is 2.48 bits per heavy atom. The van der Waals surface area contributed by atoms with Gasteiger partial charge in [-0.1, -0.05) is 12.1 Å². The fourth-order valence-electron chi connectivity index (χ4n) is 4.70. The Hall–Kier alpha value is -5.91. The number of halogens is 2. The predicted molar refractivity (Wildman–Crippen MR) is 159 cm³/mol. The van der Waals surface area contributed by atoms with Crippen molar-refractivity contribution >= 4 is 22.8 Å². The number of nitrogens with one attached hydrogen (secondary N) is 1. The second-order valence-electron chi connectivity index (χ2n) is 9.79. The molecule has 0 atom stereocenters.